The lowest BCUT2D eigenvalue weighted by Crippen LogP contribution is -2.27. The van der Waals surface area contributed by atoms with E-state index in [4.69, 9.17) is 23.2 Å². The molecule has 50 heavy (non-hydrogen) atoms. The lowest BCUT2D eigenvalue weighted by atomic mass is 9.72. The highest BCUT2D eigenvalue weighted by Gasteiger charge is 2.35. The minimum Gasteiger partial charge on any atom is -0.289 e. The van der Waals surface area contributed by atoms with Gasteiger partial charge in [-0.2, -0.15) is 20.5 Å². The van der Waals surface area contributed by atoms with E-state index in [1.165, 1.54) is 0 Å². The van der Waals surface area contributed by atoms with Gasteiger partial charge >= 0.3 is 0 Å². The molecule has 0 saturated carbocycles. The van der Waals surface area contributed by atoms with Gasteiger partial charge in [-0.25, -0.2) is 0 Å². The van der Waals surface area contributed by atoms with E-state index in [1.54, 1.807) is 24.5 Å². The first-order valence-corrected chi connectivity index (χ1v) is 17.5. The van der Waals surface area contributed by atoms with Gasteiger partial charge in [0.2, 0.25) is 0 Å². The number of azo groups is 2. The van der Waals surface area contributed by atoms with Crippen LogP contribution in [-0.2, 0) is 9.59 Å². The van der Waals surface area contributed by atoms with E-state index >= 15 is 0 Å². The van der Waals surface area contributed by atoms with Crippen molar-refractivity contribution in [3.05, 3.63) is 117 Å². The number of rotatable bonds is 5. The molecule has 262 valence electrons. The number of nitrogens with zero attached hydrogens (tertiary/aromatic N) is 4. The highest BCUT2D eigenvalue weighted by Crippen LogP contribution is 2.41. The van der Waals surface area contributed by atoms with Crippen LogP contribution in [0.5, 0.6) is 0 Å². The zero-order valence-electron chi connectivity index (χ0n) is 31.3. The van der Waals surface area contributed by atoms with Gasteiger partial charge in [0.05, 0.1) is 23.8 Å². The molecular formula is C42H48Cl2N4O2. The summed E-state index contributed by atoms with van der Waals surface area (Å²) in [5, 5.41) is 18.6. The van der Waals surface area contributed by atoms with Crippen molar-refractivity contribution in [2.24, 2.45) is 42.1 Å². The van der Waals surface area contributed by atoms with Gasteiger partial charge in [0.15, 0.2) is 11.6 Å². The number of allylic oxidation sites excluding steroid dienone is 10. The fourth-order valence-electron chi connectivity index (χ4n) is 5.60. The average Bonchev–Trinajstić information content (AvgIpc) is 2.95. The van der Waals surface area contributed by atoms with Crippen LogP contribution in [0, 0.1) is 21.7 Å². The molecule has 2 aromatic rings. The Morgan fingerprint density at radius 1 is 0.460 bits per heavy atom. The fourth-order valence-corrected chi connectivity index (χ4v) is 6.06. The highest BCUT2D eigenvalue weighted by atomic mass is 35.5. The first kappa shape index (κ1) is 38.8. The second-order valence-corrected chi connectivity index (χ2v) is 17.8. The molecule has 0 heterocycles. The zero-order valence-corrected chi connectivity index (χ0v) is 32.8. The summed E-state index contributed by atoms with van der Waals surface area (Å²) in [5.41, 5.74) is 5.99. The third-order valence-electron chi connectivity index (χ3n) is 8.31. The van der Waals surface area contributed by atoms with Crippen LogP contribution in [0.15, 0.2) is 127 Å². The minimum atomic E-state index is -0.317. The molecule has 0 saturated heterocycles. The highest BCUT2D eigenvalue weighted by molar-refractivity contribution is 6.32. The third kappa shape index (κ3) is 9.61. The Bertz CT molecular complexity index is 1760. The van der Waals surface area contributed by atoms with E-state index in [9.17, 15) is 9.59 Å². The first-order valence-electron chi connectivity index (χ1n) is 16.8. The van der Waals surface area contributed by atoms with E-state index in [-0.39, 0.29) is 33.2 Å². The molecule has 0 N–H and O–H groups in total. The summed E-state index contributed by atoms with van der Waals surface area (Å²) < 4.78 is 0. The van der Waals surface area contributed by atoms with Crippen LogP contribution in [-0.4, -0.2) is 11.6 Å². The Kier molecular flexibility index (Phi) is 11.1. The summed E-state index contributed by atoms with van der Waals surface area (Å²) >= 11 is 13.1. The lowest BCUT2D eigenvalue weighted by Gasteiger charge is -2.31. The first-order chi connectivity index (χ1) is 22.9. The topological polar surface area (TPSA) is 83.6 Å². The molecule has 2 aliphatic carbocycles. The minimum absolute atomic E-state index is 0.0686. The van der Waals surface area contributed by atoms with Crippen LogP contribution in [0.25, 0.3) is 11.1 Å². The van der Waals surface area contributed by atoms with Crippen LogP contribution in [0.3, 0.4) is 0 Å². The molecule has 4 rings (SSSR count). The molecule has 0 spiro atoms. The molecule has 0 bridgehead atoms. The predicted molar refractivity (Wildman–Crippen MR) is 207 cm³/mol. The van der Waals surface area contributed by atoms with Crippen LogP contribution < -0.4 is 0 Å². The summed E-state index contributed by atoms with van der Waals surface area (Å²) in [6.45, 7) is 24.4. The van der Waals surface area contributed by atoms with Gasteiger partial charge in [-0.3, -0.25) is 9.59 Å². The molecule has 6 nitrogen and oxygen atoms in total. The van der Waals surface area contributed by atoms with Crippen LogP contribution in [0.2, 0.25) is 10.0 Å². The maximum Gasteiger partial charge on any atom is 0.186 e. The Hall–Kier alpha value is -4.00. The molecule has 0 aliphatic heterocycles. The van der Waals surface area contributed by atoms with Crippen molar-refractivity contribution in [1.82, 2.24) is 0 Å². The SMILES string of the molecule is CC(C)(C)C1=CC(=CN=Nc2cc(Cl)cc(-c3cc(Cl)cc(N=NC=C4C=C(C(C)(C)C)C(=O)C(C(C)(C)C)=C4)c3)c2)C=C(C(C)(C)C)C1=O. The molecule has 8 heteroatoms. The van der Waals surface area contributed by atoms with Crippen molar-refractivity contribution in [3.63, 3.8) is 0 Å². The van der Waals surface area contributed by atoms with Gasteiger partial charge in [-0.1, -0.05) is 106 Å². The number of Topliss-reactive ketones (excluding diaryl/α,β-unsaturated/α-hetero) is 2. The van der Waals surface area contributed by atoms with E-state index in [0.717, 1.165) is 44.6 Å². The summed E-state index contributed by atoms with van der Waals surface area (Å²) in [6.07, 6.45) is 10.9. The largest absolute Gasteiger partial charge is 0.289 e. The van der Waals surface area contributed by atoms with E-state index in [2.05, 4.69) is 20.5 Å². The smallest absolute Gasteiger partial charge is 0.186 e. The van der Waals surface area contributed by atoms with Crippen molar-refractivity contribution in [3.8, 4) is 11.1 Å². The van der Waals surface area contributed by atoms with Gasteiger partial charge < -0.3 is 0 Å². The van der Waals surface area contributed by atoms with Crippen LogP contribution in [0.4, 0.5) is 11.4 Å². The van der Waals surface area contributed by atoms with Crippen LogP contribution in [0.1, 0.15) is 83.1 Å². The second-order valence-electron chi connectivity index (χ2n) is 17.0. The van der Waals surface area contributed by atoms with Gasteiger partial charge in [-0.15, -0.1) is 0 Å². The van der Waals surface area contributed by atoms with Crippen molar-refractivity contribution in [2.75, 3.05) is 0 Å². The van der Waals surface area contributed by atoms with E-state index in [0.29, 0.717) is 21.4 Å². The summed E-state index contributed by atoms with van der Waals surface area (Å²) in [5.74, 6) is 0.137. The van der Waals surface area contributed by atoms with Crippen LogP contribution >= 0.6 is 23.2 Å². The molecule has 0 radical (unpaired) electrons. The molecule has 0 aromatic heterocycles. The monoisotopic (exact) mass is 710 g/mol. The Morgan fingerprint density at radius 3 is 1.00 bits per heavy atom. The number of carbonyl (C=O) groups excluding carboxylic acids is 2. The van der Waals surface area contributed by atoms with Gasteiger partial charge in [0.25, 0.3) is 0 Å². The predicted octanol–water partition coefficient (Wildman–Crippen LogP) is 13.7. The standard InChI is InChI=1S/C42H48Cl2N4O2/c1-39(2,3)33-13-25(14-34(37(33)49)40(4,5)6)23-45-47-31-19-27(17-29(43)21-31)28-18-30(44)22-32(20-28)48-46-24-26-15-35(41(7,8)9)38(50)36(16-26)42(10,11)12/h13-24H,1-12H3. The zero-order chi connectivity index (χ0) is 37.4. The Balaban J connectivity index is 1.65. The Labute approximate surface area is 307 Å². The van der Waals surface area contributed by atoms with Gasteiger partial charge in [0.1, 0.15) is 0 Å². The van der Waals surface area contributed by atoms with Crippen molar-refractivity contribution >= 4 is 46.1 Å². The van der Waals surface area contributed by atoms with E-state index in [1.807, 2.05) is 132 Å². The molecule has 0 amide bonds. The normalized spacial score (nSPS) is 16.5. The summed E-state index contributed by atoms with van der Waals surface area (Å²) in [6, 6.07) is 10.9. The summed E-state index contributed by atoms with van der Waals surface area (Å²) in [7, 11) is 0. The van der Waals surface area contributed by atoms with Gasteiger partial charge in [0, 0.05) is 32.3 Å². The summed E-state index contributed by atoms with van der Waals surface area (Å²) in [4.78, 5) is 26.5. The number of carbonyl (C=O) groups is 2. The molecule has 0 unspecified atom stereocenters. The van der Waals surface area contributed by atoms with Crippen molar-refractivity contribution in [1.29, 1.82) is 0 Å². The van der Waals surface area contributed by atoms with Crippen molar-refractivity contribution in [2.45, 2.75) is 83.1 Å². The quantitative estimate of drug-likeness (QED) is 0.289. The lowest BCUT2D eigenvalue weighted by molar-refractivity contribution is -0.114. The molecule has 0 fully saturated rings. The number of ketones is 2. The number of hydrogen-bond donors (Lipinski definition) is 0. The Morgan fingerprint density at radius 2 is 0.740 bits per heavy atom. The van der Waals surface area contributed by atoms with Gasteiger partial charge in [-0.05, 0) is 105 Å². The number of halogens is 2. The number of hydrogen-bond acceptors (Lipinski definition) is 6. The molecular weight excluding hydrogens is 663 g/mol. The molecule has 2 aromatic carbocycles. The third-order valence-corrected chi connectivity index (χ3v) is 8.75. The molecule has 0 atom stereocenters. The average molecular weight is 712 g/mol. The number of benzene rings is 2. The fraction of sp³-hybridized carbons (Fsp3) is 0.381. The van der Waals surface area contributed by atoms with Crippen molar-refractivity contribution < 1.29 is 9.59 Å². The molecule has 2 aliphatic rings. The second kappa shape index (κ2) is 14.3. The maximum atomic E-state index is 13.3. The van der Waals surface area contributed by atoms with E-state index < -0.39 is 0 Å². The maximum absolute atomic E-state index is 13.3.